The number of nitrogens with one attached hydrogen (secondary N) is 2. The summed E-state index contributed by atoms with van der Waals surface area (Å²) in [6, 6.07) is 6.73. The van der Waals surface area contributed by atoms with E-state index < -0.39 is 11.7 Å². The molecule has 0 unspecified atom stereocenters. The van der Waals surface area contributed by atoms with Gasteiger partial charge in [0.15, 0.2) is 5.82 Å². The van der Waals surface area contributed by atoms with Gasteiger partial charge in [-0.3, -0.25) is 9.63 Å². The Morgan fingerprint density at radius 2 is 2.19 bits per heavy atom. The molecule has 0 radical (unpaired) electrons. The summed E-state index contributed by atoms with van der Waals surface area (Å²) in [5.74, 6) is -0.745. The first-order valence-electron chi connectivity index (χ1n) is 9.78. The number of hydrogen-bond donors (Lipinski definition) is 2. The van der Waals surface area contributed by atoms with E-state index in [1.54, 1.807) is 35.9 Å². The average Bonchev–Trinajstić information content (AvgIpc) is 3.48. The lowest BCUT2D eigenvalue weighted by atomic mass is 10.1. The number of carbonyl (C=O) groups is 1. The number of hydrogen-bond acceptors (Lipinski definition) is 5. The Hall–Kier alpha value is -2.20. The summed E-state index contributed by atoms with van der Waals surface area (Å²) in [6.45, 7) is 1.33. The molecule has 10 heteroatoms. The van der Waals surface area contributed by atoms with Gasteiger partial charge < -0.3 is 14.6 Å². The van der Waals surface area contributed by atoms with Crippen molar-refractivity contribution in [2.24, 2.45) is 5.92 Å². The summed E-state index contributed by atoms with van der Waals surface area (Å²) >= 11 is 9.64. The second-order valence-corrected chi connectivity index (χ2v) is 8.67. The van der Waals surface area contributed by atoms with Gasteiger partial charge in [0.05, 0.1) is 47.0 Å². The van der Waals surface area contributed by atoms with Crippen LogP contribution in [-0.2, 0) is 16.1 Å². The molecule has 3 aromatic rings. The minimum absolute atomic E-state index is 0.0266. The molecule has 0 aliphatic heterocycles. The Kier molecular flexibility index (Phi) is 6.76. The highest BCUT2D eigenvalue weighted by atomic mass is 79.9. The lowest BCUT2D eigenvalue weighted by Gasteiger charge is -2.15. The fourth-order valence-corrected chi connectivity index (χ4v) is 3.84. The number of imidazole rings is 1. The van der Waals surface area contributed by atoms with Gasteiger partial charge in [0.25, 0.3) is 5.91 Å². The summed E-state index contributed by atoms with van der Waals surface area (Å²) in [5.41, 5.74) is 3.56. The predicted molar refractivity (Wildman–Crippen MR) is 120 cm³/mol. The molecule has 2 aromatic carbocycles. The van der Waals surface area contributed by atoms with Crippen molar-refractivity contribution >= 4 is 55.8 Å². The molecule has 7 nitrogen and oxygen atoms in total. The molecule has 1 fully saturated rings. The van der Waals surface area contributed by atoms with Gasteiger partial charge >= 0.3 is 0 Å². The zero-order valence-electron chi connectivity index (χ0n) is 16.8. The zero-order chi connectivity index (χ0) is 22.0. The van der Waals surface area contributed by atoms with Crippen LogP contribution in [0.25, 0.3) is 11.0 Å². The topological polar surface area (TPSA) is 77.4 Å². The van der Waals surface area contributed by atoms with E-state index >= 15 is 4.39 Å². The smallest absolute Gasteiger partial charge is 0.277 e. The SMILES string of the molecule is COCCn1cnc2c(F)c(Nc3ccc(Br)cc3Cl)c(C(=O)NOCC3CC3)cc21. The molecule has 1 aliphatic rings. The second kappa shape index (κ2) is 9.52. The number of ether oxygens (including phenoxy) is 1. The van der Waals surface area contributed by atoms with E-state index in [0.717, 1.165) is 17.3 Å². The Morgan fingerprint density at radius 3 is 2.90 bits per heavy atom. The maximum Gasteiger partial charge on any atom is 0.277 e. The third kappa shape index (κ3) is 5.01. The molecular weight excluding hydrogens is 491 g/mol. The zero-order valence-corrected chi connectivity index (χ0v) is 19.1. The van der Waals surface area contributed by atoms with E-state index in [1.165, 1.54) is 6.33 Å². The van der Waals surface area contributed by atoms with Crippen LogP contribution in [0.3, 0.4) is 0 Å². The van der Waals surface area contributed by atoms with Gasteiger partial charge in [0.1, 0.15) is 5.52 Å². The van der Waals surface area contributed by atoms with Gasteiger partial charge in [-0.1, -0.05) is 27.5 Å². The maximum absolute atomic E-state index is 15.5. The fourth-order valence-electron chi connectivity index (χ4n) is 3.12. The van der Waals surface area contributed by atoms with Gasteiger partial charge in [-0.2, -0.15) is 0 Å². The van der Waals surface area contributed by atoms with E-state index in [9.17, 15) is 4.79 Å². The highest BCUT2D eigenvalue weighted by Crippen LogP contribution is 2.34. The summed E-state index contributed by atoms with van der Waals surface area (Å²) in [5, 5.41) is 3.33. The molecule has 1 aromatic heterocycles. The maximum atomic E-state index is 15.5. The van der Waals surface area contributed by atoms with Gasteiger partial charge in [-0.25, -0.2) is 14.9 Å². The monoisotopic (exact) mass is 510 g/mol. The molecule has 1 saturated carbocycles. The van der Waals surface area contributed by atoms with Crippen molar-refractivity contribution in [3.8, 4) is 0 Å². The van der Waals surface area contributed by atoms with E-state index in [2.05, 4.69) is 31.7 Å². The normalized spacial score (nSPS) is 13.5. The fraction of sp³-hybridized carbons (Fsp3) is 0.333. The number of rotatable bonds is 9. The van der Waals surface area contributed by atoms with Gasteiger partial charge in [-0.15, -0.1) is 0 Å². The van der Waals surface area contributed by atoms with Crippen molar-refractivity contribution in [3.05, 3.63) is 51.5 Å². The standard InChI is InChI=1S/C21H21BrClFN4O3/c1-30-7-6-28-11-25-20-17(28)9-14(21(29)27-31-10-12-2-3-12)19(18(20)24)26-16-5-4-13(22)8-15(16)23/h4-5,8-9,11-12,26H,2-3,6-7,10H2,1H3,(H,27,29). The van der Waals surface area contributed by atoms with Crippen LogP contribution in [0.5, 0.6) is 0 Å². The quantitative estimate of drug-likeness (QED) is 0.393. The minimum atomic E-state index is -0.653. The number of aromatic nitrogens is 2. The Bertz CT molecular complexity index is 1120. The predicted octanol–water partition coefficient (Wildman–Crippen LogP) is 5.05. The third-order valence-corrected chi connectivity index (χ3v) is 5.81. The van der Waals surface area contributed by atoms with E-state index in [1.807, 2.05) is 0 Å². The highest BCUT2D eigenvalue weighted by molar-refractivity contribution is 9.10. The van der Waals surface area contributed by atoms with Crippen LogP contribution in [0.2, 0.25) is 5.02 Å². The first-order valence-corrected chi connectivity index (χ1v) is 11.0. The Labute approximate surface area is 192 Å². The molecule has 164 valence electrons. The summed E-state index contributed by atoms with van der Waals surface area (Å²) in [6.07, 6.45) is 3.70. The number of methoxy groups -OCH3 is 1. The van der Waals surface area contributed by atoms with Crippen molar-refractivity contribution in [2.75, 3.05) is 25.6 Å². The number of nitrogens with zero attached hydrogens (tertiary/aromatic N) is 2. The van der Waals surface area contributed by atoms with Crippen molar-refractivity contribution in [1.29, 1.82) is 0 Å². The van der Waals surface area contributed by atoms with Crippen LogP contribution in [-0.4, -0.2) is 35.8 Å². The third-order valence-electron chi connectivity index (χ3n) is 5.01. The van der Waals surface area contributed by atoms with Crippen molar-refractivity contribution in [2.45, 2.75) is 19.4 Å². The lowest BCUT2D eigenvalue weighted by molar-refractivity contribution is 0.0271. The summed E-state index contributed by atoms with van der Waals surface area (Å²) < 4.78 is 23.2. The molecule has 31 heavy (non-hydrogen) atoms. The van der Waals surface area contributed by atoms with E-state index in [-0.39, 0.29) is 16.8 Å². The van der Waals surface area contributed by atoms with Gasteiger partial charge in [-0.05, 0) is 43.0 Å². The van der Waals surface area contributed by atoms with Gasteiger partial charge in [0.2, 0.25) is 0 Å². The Morgan fingerprint density at radius 1 is 1.39 bits per heavy atom. The molecule has 0 spiro atoms. The molecule has 2 N–H and O–H groups in total. The number of halogens is 3. The van der Waals surface area contributed by atoms with Crippen LogP contribution < -0.4 is 10.8 Å². The first kappa shape index (κ1) is 22.0. The number of anilines is 2. The lowest BCUT2D eigenvalue weighted by Crippen LogP contribution is -2.26. The molecule has 0 atom stereocenters. The van der Waals surface area contributed by atoms with Crippen LogP contribution in [0.15, 0.2) is 35.1 Å². The molecule has 1 aliphatic carbocycles. The molecule has 1 heterocycles. The van der Waals surface area contributed by atoms with E-state index in [0.29, 0.717) is 41.9 Å². The molecule has 1 amide bonds. The first-order chi connectivity index (χ1) is 15.0. The number of amides is 1. The van der Waals surface area contributed by atoms with Crippen LogP contribution >= 0.6 is 27.5 Å². The van der Waals surface area contributed by atoms with Crippen LogP contribution in [0, 0.1) is 11.7 Å². The number of benzene rings is 2. The largest absolute Gasteiger partial charge is 0.383 e. The average molecular weight is 512 g/mol. The number of fused-ring (bicyclic) bond motifs is 1. The summed E-state index contributed by atoms with van der Waals surface area (Å²) in [7, 11) is 1.58. The van der Waals surface area contributed by atoms with Crippen molar-refractivity contribution in [3.63, 3.8) is 0 Å². The second-order valence-electron chi connectivity index (χ2n) is 7.35. The minimum Gasteiger partial charge on any atom is -0.383 e. The highest BCUT2D eigenvalue weighted by Gasteiger charge is 2.25. The number of carbonyl (C=O) groups excluding carboxylic acids is 1. The Balaban J connectivity index is 1.73. The molecule has 0 bridgehead atoms. The number of hydroxylamine groups is 1. The van der Waals surface area contributed by atoms with Crippen molar-refractivity contribution < 1.29 is 18.8 Å². The van der Waals surface area contributed by atoms with Crippen LogP contribution in [0.1, 0.15) is 23.2 Å². The van der Waals surface area contributed by atoms with Crippen LogP contribution in [0.4, 0.5) is 15.8 Å². The van der Waals surface area contributed by atoms with Crippen molar-refractivity contribution in [1.82, 2.24) is 15.0 Å². The summed E-state index contributed by atoms with van der Waals surface area (Å²) in [4.78, 5) is 22.4. The molecule has 4 rings (SSSR count). The molecular formula is C21H21BrClFN4O3. The molecule has 0 saturated heterocycles. The van der Waals surface area contributed by atoms with E-state index in [4.69, 9.17) is 21.2 Å². The van der Waals surface area contributed by atoms with Gasteiger partial charge in [0, 0.05) is 18.1 Å².